The Bertz CT molecular complexity index is 1300. The van der Waals surface area contributed by atoms with Crippen LogP contribution in [0.4, 0.5) is 0 Å². The highest BCUT2D eigenvalue weighted by Crippen LogP contribution is 2.35. The van der Waals surface area contributed by atoms with E-state index in [-0.39, 0.29) is 25.6 Å². The lowest BCUT2D eigenvalue weighted by molar-refractivity contribution is -0.155. The van der Waals surface area contributed by atoms with Gasteiger partial charge in [-0.05, 0) is 81.3 Å². The predicted molar refractivity (Wildman–Crippen MR) is 177 cm³/mol. The van der Waals surface area contributed by atoms with Crippen molar-refractivity contribution < 1.29 is 38.7 Å². The number of rotatable bonds is 19. The van der Waals surface area contributed by atoms with Crippen LogP contribution in [0.1, 0.15) is 94.9 Å². The molecule has 2 aromatic rings. The molecule has 0 aliphatic heterocycles. The lowest BCUT2D eigenvalue weighted by Gasteiger charge is -2.32. The van der Waals surface area contributed by atoms with Crippen molar-refractivity contribution in [3.05, 3.63) is 84.0 Å². The summed E-state index contributed by atoms with van der Waals surface area (Å²) in [4.78, 5) is 23.1. The molecule has 0 heterocycles. The van der Waals surface area contributed by atoms with E-state index in [2.05, 4.69) is 44.3 Å². The van der Waals surface area contributed by atoms with Crippen molar-refractivity contribution in [3.8, 4) is 11.5 Å². The highest BCUT2D eigenvalue weighted by atomic mass is 16.6. The molecule has 0 spiro atoms. The highest BCUT2D eigenvalue weighted by molar-refractivity contribution is 5.81. The summed E-state index contributed by atoms with van der Waals surface area (Å²) in [6.45, 7) is 20.6. The Morgan fingerprint density at radius 3 is 1.80 bits per heavy atom. The Hall–Kier alpha value is -3.62. The van der Waals surface area contributed by atoms with Gasteiger partial charge in [0.05, 0.1) is 12.2 Å². The Kier molecular flexibility index (Phi) is 14.3. The first-order chi connectivity index (χ1) is 21.2. The van der Waals surface area contributed by atoms with Gasteiger partial charge in [-0.25, -0.2) is 9.59 Å². The summed E-state index contributed by atoms with van der Waals surface area (Å²) >= 11 is 0. The van der Waals surface area contributed by atoms with E-state index in [0.717, 1.165) is 46.6 Å². The van der Waals surface area contributed by atoms with Gasteiger partial charge < -0.3 is 29.2 Å². The van der Waals surface area contributed by atoms with Crippen LogP contribution < -0.4 is 9.47 Å². The van der Waals surface area contributed by atoms with Crippen molar-refractivity contribution in [3.63, 3.8) is 0 Å². The third-order valence-electron chi connectivity index (χ3n) is 8.33. The number of hydrogen-bond donors (Lipinski definition) is 2. The van der Waals surface area contributed by atoms with Crippen molar-refractivity contribution in [2.45, 2.75) is 110 Å². The minimum absolute atomic E-state index is 0.0763. The van der Waals surface area contributed by atoms with Crippen LogP contribution in [-0.4, -0.2) is 58.8 Å². The second kappa shape index (κ2) is 17.2. The molecule has 0 aliphatic rings. The molecule has 0 saturated carbocycles. The zero-order valence-electron chi connectivity index (χ0n) is 28.1. The summed E-state index contributed by atoms with van der Waals surface area (Å²) in [5.41, 5.74) is 2.80. The quantitative estimate of drug-likeness (QED) is 0.128. The molecule has 4 unspecified atom stereocenters. The second-order valence-corrected chi connectivity index (χ2v) is 12.2. The number of aryl methyl sites for hydroxylation is 2. The number of aliphatic hydroxyl groups excluding tert-OH is 2. The Morgan fingerprint density at radius 1 is 0.800 bits per heavy atom. The molecule has 0 fully saturated rings. The number of aliphatic hydroxyl groups is 2. The summed E-state index contributed by atoms with van der Waals surface area (Å²) in [7, 11) is 0. The molecule has 0 amide bonds. The second-order valence-electron chi connectivity index (χ2n) is 12.2. The highest BCUT2D eigenvalue weighted by Gasteiger charge is 2.31. The normalized spacial score (nSPS) is 15.8. The van der Waals surface area contributed by atoms with Crippen LogP contribution in [0.3, 0.4) is 0 Å². The van der Waals surface area contributed by atoms with Gasteiger partial charge in [-0.2, -0.15) is 0 Å². The molecule has 8 nitrogen and oxygen atoms in total. The molecule has 5 atom stereocenters. The van der Waals surface area contributed by atoms with Gasteiger partial charge in [0.25, 0.3) is 0 Å². The van der Waals surface area contributed by atoms with Crippen molar-refractivity contribution in [2.24, 2.45) is 0 Å². The first-order valence-corrected chi connectivity index (χ1v) is 15.8. The smallest absolute Gasteiger partial charge is 0.330 e. The number of esters is 2. The average molecular weight is 625 g/mol. The number of hydrogen-bond acceptors (Lipinski definition) is 8. The minimum Gasteiger partial charge on any atom is -0.491 e. The van der Waals surface area contributed by atoms with E-state index >= 15 is 0 Å². The number of carbonyl (C=O) groups is 2. The third-order valence-corrected chi connectivity index (χ3v) is 8.33. The maximum atomic E-state index is 11.7. The molecule has 0 aliphatic carbocycles. The number of ether oxygens (including phenoxy) is 4. The molecule has 0 radical (unpaired) electrons. The summed E-state index contributed by atoms with van der Waals surface area (Å²) in [6.07, 6.45) is 3.18. The summed E-state index contributed by atoms with van der Waals surface area (Å²) in [5.74, 6) is 0.502. The molecular weight excluding hydrogens is 572 g/mol. The zero-order chi connectivity index (χ0) is 33.8. The fourth-order valence-corrected chi connectivity index (χ4v) is 5.32. The largest absolute Gasteiger partial charge is 0.491 e. The number of benzene rings is 2. The average Bonchev–Trinajstić information content (AvgIpc) is 3.00. The van der Waals surface area contributed by atoms with Crippen LogP contribution in [0.5, 0.6) is 11.5 Å². The number of carbonyl (C=O) groups excluding carboxylic acids is 2. The van der Waals surface area contributed by atoms with Crippen LogP contribution in [0.2, 0.25) is 0 Å². The maximum Gasteiger partial charge on any atom is 0.330 e. The first kappa shape index (κ1) is 37.6. The van der Waals surface area contributed by atoms with Gasteiger partial charge in [-0.3, -0.25) is 0 Å². The van der Waals surface area contributed by atoms with E-state index in [4.69, 9.17) is 18.9 Å². The Morgan fingerprint density at radius 2 is 1.31 bits per heavy atom. The molecule has 0 bridgehead atoms. The summed E-state index contributed by atoms with van der Waals surface area (Å²) < 4.78 is 22.8. The zero-order valence-corrected chi connectivity index (χ0v) is 28.1. The molecule has 2 aromatic carbocycles. The van der Waals surface area contributed by atoms with E-state index in [1.54, 1.807) is 6.92 Å². The molecule has 2 N–H and O–H groups in total. The van der Waals surface area contributed by atoms with E-state index in [9.17, 15) is 19.8 Å². The molecule has 0 saturated heterocycles. The van der Waals surface area contributed by atoms with Crippen LogP contribution in [0.15, 0.2) is 61.7 Å². The van der Waals surface area contributed by atoms with Crippen LogP contribution in [0, 0.1) is 13.8 Å². The van der Waals surface area contributed by atoms with Crippen molar-refractivity contribution in [2.75, 3.05) is 13.2 Å². The van der Waals surface area contributed by atoms with Crippen molar-refractivity contribution >= 4 is 11.9 Å². The lowest BCUT2D eigenvalue weighted by Crippen LogP contribution is -2.37. The molecular formula is C37H52O8. The fraction of sp³-hybridized carbons (Fsp3) is 0.514. The molecule has 8 heteroatoms. The predicted octanol–water partition coefficient (Wildman–Crippen LogP) is 6.90. The van der Waals surface area contributed by atoms with Crippen molar-refractivity contribution in [1.82, 2.24) is 0 Å². The van der Waals surface area contributed by atoms with Gasteiger partial charge in [0, 0.05) is 30.9 Å². The Labute approximate surface area is 269 Å². The monoisotopic (exact) mass is 624 g/mol. The van der Waals surface area contributed by atoms with Crippen LogP contribution >= 0.6 is 0 Å². The van der Waals surface area contributed by atoms with Gasteiger partial charge in [-0.15, -0.1) is 0 Å². The molecule has 2 rings (SSSR count). The molecule has 45 heavy (non-hydrogen) atoms. The summed E-state index contributed by atoms with van der Waals surface area (Å²) in [6, 6.07) is 12.3. The topological polar surface area (TPSA) is 112 Å². The van der Waals surface area contributed by atoms with E-state index < -0.39 is 35.3 Å². The molecule has 248 valence electrons. The van der Waals surface area contributed by atoms with Gasteiger partial charge in [0.2, 0.25) is 0 Å². The van der Waals surface area contributed by atoms with Crippen molar-refractivity contribution in [1.29, 1.82) is 0 Å². The van der Waals surface area contributed by atoms with Crippen LogP contribution in [0.25, 0.3) is 0 Å². The fourth-order valence-electron chi connectivity index (χ4n) is 5.32. The van der Waals surface area contributed by atoms with Gasteiger partial charge in [0.15, 0.2) is 0 Å². The lowest BCUT2D eigenvalue weighted by atomic mass is 9.87. The van der Waals surface area contributed by atoms with Crippen LogP contribution in [-0.2, 0) is 19.1 Å². The maximum absolute atomic E-state index is 11.7. The third kappa shape index (κ3) is 11.4. The van der Waals surface area contributed by atoms with E-state index in [0.29, 0.717) is 25.0 Å². The summed E-state index contributed by atoms with van der Waals surface area (Å²) in [5, 5.41) is 21.1. The Balaban J connectivity index is 2.11. The van der Waals surface area contributed by atoms with Gasteiger partial charge >= 0.3 is 11.9 Å². The van der Waals surface area contributed by atoms with E-state index in [1.165, 1.54) is 0 Å². The SMILES string of the molecule is C=CC(=O)OCC(O)CC(C)(CC)Oc1ccc(C(CC)c2ccc(OCC(O)C[C@](C)(CC)OC(=O)C=C)c(C)c2)cc1C. The standard InChI is InChI=1S/C37H52O8/c1-10-31(27-15-17-32(25(6)19-27)42-23-29(38)22-37(9,14-5)45-35(41)12-3)28-16-18-33(26(7)20-28)44-36(8,13-4)21-30(39)24-43-34(40)11-2/h11-12,15-20,29-31,38-39H,2-3,10,13-14,21-24H2,1,4-9H3/t29?,30?,31?,36?,37-/m0/s1. The molecule has 0 aromatic heterocycles. The first-order valence-electron chi connectivity index (χ1n) is 15.8. The van der Waals surface area contributed by atoms with Gasteiger partial charge in [-0.1, -0.05) is 58.2 Å². The van der Waals surface area contributed by atoms with E-state index in [1.807, 2.05) is 46.8 Å². The minimum atomic E-state index is -0.861. The van der Waals surface area contributed by atoms with Gasteiger partial charge in [0.1, 0.15) is 35.9 Å².